The maximum atomic E-state index is 12.1. The van der Waals surface area contributed by atoms with E-state index >= 15 is 0 Å². The van der Waals surface area contributed by atoms with Gasteiger partial charge in [-0.2, -0.15) is 0 Å². The van der Waals surface area contributed by atoms with Crippen molar-refractivity contribution in [2.24, 2.45) is 17.8 Å². The molecule has 0 bridgehead atoms. The quantitative estimate of drug-likeness (QED) is 0.738. The highest BCUT2D eigenvalue weighted by molar-refractivity contribution is 7.15. The van der Waals surface area contributed by atoms with Gasteiger partial charge in [-0.05, 0) is 31.1 Å². The van der Waals surface area contributed by atoms with Crippen molar-refractivity contribution < 1.29 is 9.53 Å². The third-order valence-electron chi connectivity index (χ3n) is 3.52. The molecule has 0 radical (unpaired) electrons. The predicted molar refractivity (Wildman–Crippen MR) is 57.3 cm³/mol. The zero-order valence-electron chi connectivity index (χ0n) is 8.60. The molecule has 3 rings (SSSR count). The lowest BCUT2D eigenvalue weighted by Gasteiger charge is -2.07. The average molecular weight is 223 g/mol. The summed E-state index contributed by atoms with van der Waals surface area (Å²) in [5, 5.41) is 0.585. The molecule has 0 aromatic carbocycles. The zero-order chi connectivity index (χ0) is 10.4. The van der Waals surface area contributed by atoms with Gasteiger partial charge in [0.05, 0.1) is 18.2 Å². The summed E-state index contributed by atoms with van der Waals surface area (Å²) in [5.74, 6) is 2.25. The Bertz CT molecular complexity index is 391. The molecule has 1 heterocycles. The number of hydrogen-bond donors (Lipinski definition) is 0. The van der Waals surface area contributed by atoms with Crippen molar-refractivity contribution in [2.45, 2.75) is 19.3 Å². The first-order valence-electron chi connectivity index (χ1n) is 5.32. The second kappa shape index (κ2) is 3.30. The van der Waals surface area contributed by atoms with Gasteiger partial charge in [0.25, 0.3) is 5.19 Å². The highest BCUT2D eigenvalue weighted by Gasteiger charge is 2.48. The van der Waals surface area contributed by atoms with Crippen molar-refractivity contribution in [3.63, 3.8) is 0 Å². The largest absolute Gasteiger partial charge is 0.473 e. The van der Waals surface area contributed by atoms with Gasteiger partial charge in [-0.3, -0.25) is 4.79 Å². The van der Waals surface area contributed by atoms with E-state index in [0.717, 1.165) is 29.6 Å². The maximum Gasteiger partial charge on any atom is 0.273 e. The van der Waals surface area contributed by atoms with Gasteiger partial charge >= 0.3 is 0 Å². The molecule has 0 aliphatic heterocycles. The van der Waals surface area contributed by atoms with Crippen LogP contribution in [0.3, 0.4) is 0 Å². The van der Waals surface area contributed by atoms with Crippen LogP contribution in [0.25, 0.3) is 0 Å². The third-order valence-corrected chi connectivity index (χ3v) is 4.49. The van der Waals surface area contributed by atoms with Crippen LogP contribution in [0.15, 0.2) is 6.20 Å². The van der Waals surface area contributed by atoms with Gasteiger partial charge in [0.15, 0.2) is 5.78 Å². The number of nitrogens with zero attached hydrogens (tertiary/aromatic N) is 1. The predicted octanol–water partition coefficient (Wildman–Crippen LogP) is 2.38. The molecule has 15 heavy (non-hydrogen) atoms. The Morgan fingerprint density at radius 1 is 1.47 bits per heavy atom. The fourth-order valence-corrected chi connectivity index (χ4v) is 3.35. The van der Waals surface area contributed by atoms with Crippen molar-refractivity contribution >= 4 is 17.1 Å². The van der Waals surface area contributed by atoms with E-state index in [9.17, 15) is 4.79 Å². The van der Waals surface area contributed by atoms with Gasteiger partial charge in [-0.15, -0.1) is 0 Å². The van der Waals surface area contributed by atoms with Crippen LogP contribution < -0.4 is 4.74 Å². The molecule has 2 unspecified atom stereocenters. The number of thiazole rings is 1. The lowest BCUT2D eigenvalue weighted by atomic mass is 9.98. The number of methoxy groups -OCH3 is 1. The summed E-state index contributed by atoms with van der Waals surface area (Å²) >= 11 is 1.36. The van der Waals surface area contributed by atoms with E-state index < -0.39 is 0 Å². The highest BCUT2D eigenvalue weighted by Crippen LogP contribution is 2.55. The van der Waals surface area contributed by atoms with Gasteiger partial charge < -0.3 is 4.74 Å². The number of ether oxygens (including phenoxy) is 1. The lowest BCUT2D eigenvalue weighted by Crippen LogP contribution is -2.11. The van der Waals surface area contributed by atoms with Gasteiger partial charge in [-0.25, -0.2) is 4.98 Å². The van der Waals surface area contributed by atoms with E-state index in [1.807, 2.05) is 0 Å². The molecule has 80 valence electrons. The fourth-order valence-electron chi connectivity index (χ4n) is 2.60. The first-order chi connectivity index (χ1) is 7.28. The summed E-state index contributed by atoms with van der Waals surface area (Å²) in [7, 11) is 1.58. The van der Waals surface area contributed by atoms with Crippen molar-refractivity contribution in [3.8, 4) is 5.19 Å². The van der Waals surface area contributed by atoms with Crippen LogP contribution in [0, 0.1) is 17.8 Å². The molecule has 0 saturated heterocycles. The minimum atomic E-state index is 0.263. The Balaban J connectivity index is 1.73. The zero-order valence-corrected chi connectivity index (χ0v) is 9.42. The topological polar surface area (TPSA) is 39.2 Å². The van der Waals surface area contributed by atoms with Crippen LogP contribution in [0.5, 0.6) is 5.19 Å². The Morgan fingerprint density at radius 3 is 2.80 bits per heavy atom. The van der Waals surface area contributed by atoms with E-state index in [1.54, 1.807) is 13.3 Å². The molecule has 2 atom stereocenters. The Kier molecular flexibility index (Phi) is 2.06. The van der Waals surface area contributed by atoms with Crippen molar-refractivity contribution in [2.75, 3.05) is 7.11 Å². The van der Waals surface area contributed by atoms with Gasteiger partial charge in [0.1, 0.15) is 0 Å². The fraction of sp³-hybridized carbons (Fsp3) is 0.636. The summed E-state index contributed by atoms with van der Waals surface area (Å²) in [5.41, 5.74) is 0. The molecule has 4 heteroatoms. The van der Waals surface area contributed by atoms with E-state index in [-0.39, 0.29) is 11.7 Å². The molecule has 3 nitrogen and oxygen atoms in total. The summed E-state index contributed by atoms with van der Waals surface area (Å²) < 4.78 is 4.99. The molecule has 2 saturated carbocycles. The molecule has 0 spiro atoms. The second-order valence-electron chi connectivity index (χ2n) is 4.48. The highest BCUT2D eigenvalue weighted by atomic mass is 32.1. The molecule has 0 N–H and O–H groups in total. The normalized spacial score (nSPS) is 32.5. The molecule has 2 aliphatic carbocycles. The maximum absolute atomic E-state index is 12.1. The molecule has 1 aromatic heterocycles. The number of aromatic nitrogens is 1. The van der Waals surface area contributed by atoms with Crippen LogP contribution in [0.1, 0.15) is 28.9 Å². The first kappa shape index (κ1) is 9.33. The van der Waals surface area contributed by atoms with Gasteiger partial charge in [-0.1, -0.05) is 11.3 Å². The summed E-state index contributed by atoms with van der Waals surface area (Å²) in [6.07, 6.45) is 5.21. The minimum Gasteiger partial charge on any atom is -0.473 e. The first-order valence-corrected chi connectivity index (χ1v) is 6.13. The van der Waals surface area contributed by atoms with E-state index in [0.29, 0.717) is 5.19 Å². The van der Waals surface area contributed by atoms with Crippen molar-refractivity contribution in [1.29, 1.82) is 0 Å². The van der Waals surface area contributed by atoms with Gasteiger partial charge in [0, 0.05) is 5.92 Å². The smallest absolute Gasteiger partial charge is 0.273 e. The number of rotatable bonds is 3. The number of carbonyl (C=O) groups excluding carboxylic acids is 1. The molecule has 2 aliphatic rings. The molecule has 1 aromatic rings. The number of hydrogen-bond acceptors (Lipinski definition) is 4. The number of fused-ring (bicyclic) bond motifs is 1. The van der Waals surface area contributed by atoms with Gasteiger partial charge in [0.2, 0.25) is 0 Å². The number of Topliss-reactive ketones (excluding diaryl/α,β-unsaturated/α-hetero) is 1. The van der Waals surface area contributed by atoms with Crippen molar-refractivity contribution in [1.82, 2.24) is 4.98 Å². The molecular weight excluding hydrogens is 210 g/mol. The SMILES string of the molecule is COc1ncc(C(=O)C2CC3CC3C2)s1. The summed E-state index contributed by atoms with van der Waals surface area (Å²) in [6, 6.07) is 0. The van der Waals surface area contributed by atoms with E-state index in [2.05, 4.69) is 4.98 Å². The summed E-state index contributed by atoms with van der Waals surface area (Å²) in [4.78, 5) is 16.9. The van der Waals surface area contributed by atoms with Crippen LogP contribution >= 0.6 is 11.3 Å². The number of carbonyl (C=O) groups is 1. The van der Waals surface area contributed by atoms with Crippen LogP contribution in [0.2, 0.25) is 0 Å². The minimum absolute atomic E-state index is 0.263. The standard InChI is InChI=1S/C11H13NO2S/c1-14-11-12-5-9(15-11)10(13)8-3-6-2-7(6)4-8/h5-8H,2-4H2,1H3. The number of ketones is 1. The lowest BCUT2D eigenvalue weighted by molar-refractivity contribution is 0.0918. The van der Waals surface area contributed by atoms with Crippen LogP contribution in [-0.4, -0.2) is 17.9 Å². The molecule has 2 fully saturated rings. The van der Waals surface area contributed by atoms with E-state index in [4.69, 9.17) is 4.74 Å². The summed E-state index contributed by atoms with van der Waals surface area (Å²) in [6.45, 7) is 0. The Hall–Kier alpha value is -0.900. The Morgan fingerprint density at radius 2 is 2.20 bits per heavy atom. The van der Waals surface area contributed by atoms with Crippen LogP contribution in [-0.2, 0) is 0 Å². The van der Waals surface area contributed by atoms with Crippen LogP contribution in [0.4, 0.5) is 0 Å². The van der Waals surface area contributed by atoms with Crippen molar-refractivity contribution in [3.05, 3.63) is 11.1 Å². The average Bonchev–Trinajstić information content (AvgIpc) is 2.73. The molecule has 0 amide bonds. The second-order valence-corrected chi connectivity index (χ2v) is 5.48. The Labute approximate surface area is 92.5 Å². The third kappa shape index (κ3) is 1.57. The van der Waals surface area contributed by atoms with E-state index in [1.165, 1.54) is 17.8 Å². The monoisotopic (exact) mass is 223 g/mol. The molecular formula is C11H13NO2S.